The number of sulfone groups is 1. The fourth-order valence-corrected chi connectivity index (χ4v) is 3.54. The van der Waals surface area contributed by atoms with Crippen molar-refractivity contribution in [2.45, 2.75) is 38.4 Å². The van der Waals surface area contributed by atoms with Gasteiger partial charge in [0, 0.05) is 33.4 Å². The molecule has 0 radical (unpaired) electrons. The summed E-state index contributed by atoms with van der Waals surface area (Å²) in [4.78, 5) is 13.7. The third kappa shape index (κ3) is 12.6. The molecule has 0 amide bonds. The van der Waals surface area contributed by atoms with Crippen molar-refractivity contribution in [2.24, 2.45) is 10.7 Å². The highest BCUT2D eigenvalue weighted by atomic mass is 32.2. The van der Waals surface area contributed by atoms with Crippen LogP contribution in [-0.2, 0) is 27.0 Å². The largest absolute Gasteiger partial charge is 0.388 e. The number of amidine groups is 1. The maximum atomic E-state index is 12.9. The van der Waals surface area contributed by atoms with Gasteiger partial charge < -0.3 is 10.5 Å². The van der Waals surface area contributed by atoms with Gasteiger partial charge in [-0.25, -0.2) is 17.2 Å². The van der Waals surface area contributed by atoms with Crippen LogP contribution in [0.5, 0.6) is 0 Å². The first kappa shape index (κ1) is 32.3. The van der Waals surface area contributed by atoms with E-state index in [0.717, 1.165) is 12.1 Å². The molecule has 0 aliphatic rings. The summed E-state index contributed by atoms with van der Waals surface area (Å²) in [6.45, 7) is 4.46. The van der Waals surface area contributed by atoms with Crippen molar-refractivity contribution in [3.63, 3.8) is 0 Å². The molecule has 0 bridgehead atoms. The number of nitro benzene ring substituents is 1. The maximum absolute atomic E-state index is 12.9. The van der Waals surface area contributed by atoms with Crippen LogP contribution in [0.3, 0.4) is 0 Å². The van der Waals surface area contributed by atoms with E-state index < -0.39 is 32.4 Å². The summed E-state index contributed by atoms with van der Waals surface area (Å²) in [5.41, 5.74) is 5.36. The summed E-state index contributed by atoms with van der Waals surface area (Å²) < 4.78 is 53.5. The molecule has 0 aliphatic carbocycles. The Kier molecular flexibility index (Phi) is 17.2. The number of benzene rings is 2. The van der Waals surface area contributed by atoms with Gasteiger partial charge in [-0.3, -0.25) is 15.1 Å². The predicted octanol–water partition coefficient (Wildman–Crippen LogP) is 4.47. The van der Waals surface area contributed by atoms with Crippen molar-refractivity contribution in [1.82, 2.24) is 0 Å². The van der Waals surface area contributed by atoms with E-state index in [4.69, 9.17) is 5.73 Å². The second kappa shape index (κ2) is 17.6. The van der Waals surface area contributed by atoms with E-state index in [1.165, 1.54) is 32.2 Å². The van der Waals surface area contributed by atoms with E-state index >= 15 is 0 Å². The van der Waals surface area contributed by atoms with Crippen LogP contribution in [0.1, 0.15) is 31.9 Å². The summed E-state index contributed by atoms with van der Waals surface area (Å²) in [5.74, 6) is -0.782. The summed E-state index contributed by atoms with van der Waals surface area (Å²) in [7, 11) is 0.868. The van der Waals surface area contributed by atoms with Crippen molar-refractivity contribution >= 4 is 21.4 Å². The van der Waals surface area contributed by atoms with Gasteiger partial charge in [0.1, 0.15) is 23.6 Å². The molecule has 2 aromatic carbocycles. The van der Waals surface area contributed by atoms with Gasteiger partial charge in [-0.2, -0.15) is 0 Å². The van der Waals surface area contributed by atoms with Crippen LogP contribution in [-0.4, -0.2) is 45.7 Å². The summed E-state index contributed by atoms with van der Waals surface area (Å²) in [6.07, 6.45) is 0. The number of methoxy groups -OCH3 is 1. The number of aliphatic imine (C=N–C) groups is 1. The Labute approximate surface area is 194 Å². The van der Waals surface area contributed by atoms with Gasteiger partial charge in [0.25, 0.3) is 5.69 Å². The summed E-state index contributed by atoms with van der Waals surface area (Å²) in [5, 5.41) is 9.68. The number of nitrogens with zero attached hydrogens (tertiary/aromatic N) is 2. The van der Waals surface area contributed by atoms with Crippen LogP contribution in [0.4, 0.5) is 14.5 Å². The van der Waals surface area contributed by atoms with Crippen LogP contribution in [0.15, 0.2) is 53.5 Å². The van der Waals surface area contributed by atoms with Crippen LogP contribution in [0.2, 0.25) is 0 Å². The average Bonchev–Trinajstić information content (AvgIpc) is 2.80. The SMILES string of the molecule is CC.CN=C(N)C(C)S(=O)(=O)Cc1cc([N+](=O)[O-])ccc1CF.COC.Fc1ccccc1. The van der Waals surface area contributed by atoms with Crippen LogP contribution < -0.4 is 5.73 Å². The van der Waals surface area contributed by atoms with Crippen LogP contribution in [0, 0.1) is 15.9 Å². The lowest BCUT2D eigenvalue weighted by molar-refractivity contribution is -0.384. The molecule has 2 rings (SSSR count). The second-order valence-corrected chi connectivity index (χ2v) is 8.47. The Bertz CT molecular complexity index is 956. The minimum atomic E-state index is -3.74. The zero-order valence-corrected chi connectivity index (χ0v) is 20.6. The lowest BCUT2D eigenvalue weighted by Gasteiger charge is -2.13. The number of non-ortho nitro benzene ring substituents is 1. The molecule has 11 heteroatoms. The molecule has 0 aromatic heterocycles. The topological polar surface area (TPSA) is 125 Å². The lowest BCUT2D eigenvalue weighted by Crippen LogP contribution is -2.34. The lowest BCUT2D eigenvalue weighted by atomic mass is 10.1. The monoisotopic (exact) mass is 489 g/mol. The minimum Gasteiger partial charge on any atom is -0.388 e. The van der Waals surface area contributed by atoms with Crippen molar-refractivity contribution in [3.05, 3.63) is 75.6 Å². The van der Waals surface area contributed by atoms with Crippen molar-refractivity contribution in [3.8, 4) is 0 Å². The molecular formula is C22H33F2N3O5S. The fourth-order valence-electron chi connectivity index (χ4n) is 2.11. The molecule has 0 aliphatic heterocycles. The number of rotatable bonds is 6. The van der Waals surface area contributed by atoms with Crippen molar-refractivity contribution in [1.29, 1.82) is 0 Å². The van der Waals surface area contributed by atoms with Gasteiger partial charge in [0.2, 0.25) is 0 Å². The molecule has 2 aromatic rings. The van der Waals surface area contributed by atoms with E-state index in [-0.39, 0.29) is 28.5 Å². The third-order valence-electron chi connectivity index (χ3n) is 3.85. The fraction of sp³-hybridized carbons (Fsp3) is 0.409. The van der Waals surface area contributed by atoms with Crippen LogP contribution in [0.25, 0.3) is 0 Å². The first-order chi connectivity index (χ1) is 15.5. The van der Waals surface area contributed by atoms with Gasteiger partial charge in [-0.15, -0.1) is 0 Å². The standard InChI is InChI=1S/C12H16FN3O4S.C6H5F.C2H6O.C2H6/c1-8(12(14)15-2)21(19,20)7-10-5-11(16(17)18)4-3-9(10)6-13;7-6-4-2-1-3-5-6;1-3-2;1-2/h3-5,8H,6-7H2,1-2H3,(H2,14,15);1-5H;1-2H3;1-2H3. The molecule has 0 fully saturated rings. The molecule has 1 atom stereocenters. The predicted molar refractivity (Wildman–Crippen MR) is 128 cm³/mol. The molecule has 0 saturated heterocycles. The normalized spacial score (nSPS) is 11.5. The number of halogens is 2. The summed E-state index contributed by atoms with van der Waals surface area (Å²) in [6, 6.07) is 11.4. The zero-order chi connectivity index (χ0) is 26.0. The van der Waals surface area contributed by atoms with Gasteiger partial charge in [0.05, 0.1) is 10.7 Å². The number of hydrogen-bond acceptors (Lipinski definition) is 6. The molecule has 33 heavy (non-hydrogen) atoms. The quantitative estimate of drug-likeness (QED) is 0.276. The van der Waals surface area contributed by atoms with Gasteiger partial charge in [0.15, 0.2) is 9.84 Å². The average molecular weight is 490 g/mol. The van der Waals surface area contributed by atoms with E-state index in [1.54, 1.807) is 32.4 Å². The maximum Gasteiger partial charge on any atom is 0.269 e. The van der Waals surface area contributed by atoms with Crippen molar-refractivity contribution in [2.75, 3.05) is 21.3 Å². The Balaban J connectivity index is 0. The van der Waals surface area contributed by atoms with Gasteiger partial charge in [-0.1, -0.05) is 32.0 Å². The molecule has 186 valence electrons. The number of nitro groups is 1. The number of hydrogen-bond donors (Lipinski definition) is 1. The molecule has 2 N–H and O–H groups in total. The van der Waals surface area contributed by atoms with E-state index in [2.05, 4.69) is 9.73 Å². The molecule has 0 saturated carbocycles. The van der Waals surface area contributed by atoms with E-state index in [0.29, 0.717) is 0 Å². The van der Waals surface area contributed by atoms with Crippen molar-refractivity contribution < 1.29 is 26.9 Å². The molecular weight excluding hydrogens is 456 g/mol. The highest BCUT2D eigenvalue weighted by Crippen LogP contribution is 2.22. The first-order valence-corrected chi connectivity index (χ1v) is 11.6. The third-order valence-corrected chi connectivity index (χ3v) is 5.88. The van der Waals surface area contributed by atoms with E-state index in [1.807, 2.05) is 13.8 Å². The zero-order valence-electron chi connectivity index (χ0n) is 19.8. The Hall–Kier alpha value is -2.92. The highest BCUT2D eigenvalue weighted by molar-refractivity contribution is 7.92. The highest BCUT2D eigenvalue weighted by Gasteiger charge is 2.26. The van der Waals surface area contributed by atoms with Gasteiger partial charge in [-0.05, 0) is 36.2 Å². The smallest absolute Gasteiger partial charge is 0.269 e. The molecule has 8 nitrogen and oxygen atoms in total. The summed E-state index contributed by atoms with van der Waals surface area (Å²) >= 11 is 0. The Morgan fingerprint density at radius 3 is 2.03 bits per heavy atom. The Morgan fingerprint density at radius 2 is 1.67 bits per heavy atom. The molecule has 0 heterocycles. The second-order valence-electron chi connectivity index (χ2n) is 6.15. The molecule has 0 spiro atoms. The van der Waals surface area contributed by atoms with Crippen LogP contribution >= 0.6 is 0 Å². The van der Waals surface area contributed by atoms with Gasteiger partial charge >= 0.3 is 0 Å². The number of alkyl halides is 1. The number of ether oxygens (including phenoxy) is 1. The molecule has 1 unspecified atom stereocenters. The number of nitrogens with two attached hydrogens (primary N) is 1. The first-order valence-electron chi connectivity index (χ1n) is 9.90. The minimum absolute atomic E-state index is 0.0578. The van der Waals surface area contributed by atoms with E-state index in [9.17, 15) is 27.3 Å². The Morgan fingerprint density at radius 1 is 1.15 bits per heavy atom.